The van der Waals surface area contributed by atoms with Crippen molar-refractivity contribution >= 4 is 17.7 Å². The van der Waals surface area contributed by atoms with Gasteiger partial charge in [0, 0.05) is 29.8 Å². The van der Waals surface area contributed by atoms with Gasteiger partial charge in [0.1, 0.15) is 0 Å². The fourth-order valence-electron chi connectivity index (χ4n) is 1.74. The molecule has 0 bridgehead atoms. The normalized spacial score (nSPS) is 10.5. The van der Waals surface area contributed by atoms with E-state index in [9.17, 15) is 4.79 Å². The van der Waals surface area contributed by atoms with Crippen LogP contribution in [0.4, 0.5) is 0 Å². The van der Waals surface area contributed by atoms with Gasteiger partial charge in [-0.2, -0.15) is 0 Å². The molecule has 0 aliphatic heterocycles. The molecule has 2 aromatic rings. The van der Waals surface area contributed by atoms with Crippen LogP contribution < -0.4 is 0 Å². The predicted octanol–water partition coefficient (Wildman–Crippen LogP) is 2.64. The number of rotatable bonds is 6. The van der Waals surface area contributed by atoms with Gasteiger partial charge in [-0.25, -0.2) is 0 Å². The van der Waals surface area contributed by atoms with Crippen LogP contribution in [0.5, 0.6) is 0 Å². The summed E-state index contributed by atoms with van der Waals surface area (Å²) in [6.45, 7) is 0.238. The zero-order valence-electron chi connectivity index (χ0n) is 11.3. The number of furan rings is 1. The maximum absolute atomic E-state index is 12.1. The number of carbonyl (C=O) groups is 1. The lowest BCUT2D eigenvalue weighted by Crippen LogP contribution is -2.29. The summed E-state index contributed by atoms with van der Waals surface area (Å²) in [5.41, 5.74) is 0.869. The lowest BCUT2D eigenvalue weighted by Gasteiger charge is -2.14. The lowest BCUT2D eigenvalue weighted by atomic mass is 10.2. The van der Waals surface area contributed by atoms with E-state index in [4.69, 9.17) is 9.52 Å². The van der Waals surface area contributed by atoms with Gasteiger partial charge in [-0.3, -0.25) is 4.79 Å². The highest BCUT2D eigenvalue weighted by atomic mass is 32.2. The molecule has 0 fully saturated rings. The Bertz CT molecular complexity index is 553. The van der Waals surface area contributed by atoms with Gasteiger partial charge in [0.25, 0.3) is 5.91 Å². The van der Waals surface area contributed by atoms with Gasteiger partial charge >= 0.3 is 0 Å². The average molecular weight is 291 g/mol. The fraction of sp³-hybridized carbons (Fsp3) is 0.267. The predicted molar refractivity (Wildman–Crippen MR) is 78.8 cm³/mol. The second-order valence-electron chi connectivity index (χ2n) is 4.33. The Hall–Kier alpha value is -1.72. The van der Waals surface area contributed by atoms with Crippen molar-refractivity contribution < 1.29 is 14.3 Å². The number of carbonyl (C=O) groups excluding carboxylic acids is 1. The van der Waals surface area contributed by atoms with Gasteiger partial charge in [-0.15, -0.1) is 11.8 Å². The number of hydrogen-bond acceptors (Lipinski definition) is 4. The van der Waals surface area contributed by atoms with Crippen LogP contribution in [-0.4, -0.2) is 36.1 Å². The molecule has 4 nitrogen and oxygen atoms in total. The Labute approximate surface area is 122 Å². The van der Waals surface area contributed by atoms with Crippen LogP contribution >= 0.6 is 11.8 Å². The molecular formula is C15H17NO3S. The lowest BCUT2D eigenvalue weighted by molar-refractivity contribution is 0.0734. The minimum atomic E-state index is -0.201. The Balaban J connectivity index is 2.03. The molecule has 2 rings (SSSR count). The van der Waals surface area contributed by atoms with Crippen LogP contribution in [0.15, 0.2) is 52.0 Å². The van der Waals surface area contributed by atoms with Crippen molar-refractivity contribution in [2.75, 3.05) is 20.2 Å². The molecule has 0 unspecified atom stereocenters. The van der Waals surface area contributed by atoms with Crippen molar-refractivity contribution in [2.24, 2.45) is 0 Å². The number of aliphatic hydroxyl groups is 1. The van der Waals surface area contributed by atoms with Gasteiger partial charge in [0.2, 0.25) is 0 Å². The summed E-state index contributed by atoms with van der Waals surface area (Å²) >= 11 is 1.65. The third-order valence-electron chi connectivity index (χ3n) is 2.86. The zero-order chi connectivity index (χ0) is 14.4. The maximum Gasteiger partial charge on any atom is 0.289 e. The van der Waals surface area contributed by atoms with Crippen molar-refractivity contribution in [3.8, 4) is 0 Å². The molecule has 1 aromatic heterocycles. The molecule has 0 saturated heterocycles. The van der Waals surface area contributed by atoms with E-state index in [1.165, 1.54) is 11.2 Å². The van der Waals surface area contributed by atoms with Crippen LogP contribution in [0.25, 0.3) is 0 Å². The summed E-state index contributed by atoms with van der Waals surface area (Å²) in [5.74, 6) is 0.825. The maximum atomic E-state index is 12.1. The molecule has 1 amide bonds. The van der Waals surface area contributed by atoms with Gasteiger partial charge in [-0.1, -0.05) is 18.2 Å². The molecule has 1 N–H and O–H groups in total. The second kappa shape index (κ2) is 7.17. The summed E-state index contributed by atoms with van der Waals surface area (Å²) < 4.78 is 5.30. The summed E-state index contributed by atoms with van der Waals surface area (Å²) in [5, 5.41) is 8.88. The van der Waals surface area contributed by atoms with Crippen molar-refractivity contribution in [3.05, 3.63) is 54.0 Å². The van der Waals surface area contributed by atoms with Gasteiger partial charge < -0.3 is 14.4 Å². The molecule has 0 spiro atoms. The molecule has 0 aliphatic carbocycles. The van der Waals surface area contributed by atoms with E-state index in [2.05, 4.69) is 0 Å². The van der Waals surface area contributed by atoms with Crippen LogP contribution in [0, 0.1) is 0 Å². The molecule has 0 radical (unpaired) electrons. The van der Waals surface area contributed by atoms with Crippen LogP contribution in [0.3, 0.4) is 0 Å². The number of amides is 1. The van der Waals surface area contributed by atoms with Crippen molar-refractivity contribution in [1.82, 2.24) is 4.90 Å². The van der Waals surface area contributed by atoms with Crippen LogP contribution in [0.1, 0.15) is 16.1 Å². The van der Waals surface area contributed by atoms with Gasteiger partial charge in [-0.05, 0) is 18.2 Å². The van der Waals surface area contributed by atoms with E-state index in [1.54, 1.807) is 18.8 Å². The Morgan fingerprint density at radius 2 is 2.05 bits per heavy atom. The molecule has 5 heteroatoms. The number of hydrogen-bond donors (Lipinski definition) is 1. The standard InChI is InChI=1S/C15H17NO3S/c1-16(8-9-17)15(18)14-12(7-10-19-14)11-20-13-5-3-2-4-6-13/h2-7,10,17H,8-9,11H2,1H3. The summed E-state index contributed by atoms with van der Waals surface area (Å²) in [6.07, 6.45) is 1.53. The molecule has 0 atom stereocenters. The van der Waals surface area contributed by atoms with E-state index in [1.807, 2.05) is 36.4 Å². The highest BCUT2D eigenvalue weighted by Gasteiger charge is 2.19. The molecule has 0 saturated carbocycles. The molecule has 20 heavy (non-hydrogen) atoms. The minimum Gasteiger partial charge on any atom is -0.459 e. The minimum absolute atomic E-state index is 0.0585. The molecule has 0 aliphatic rings. The molecule has 1 aromatic carbocycles. The van der Waals surface area contributed by atoms with Gasteiger partial charge in [0.15, 0.2) is 5.76 Å². The Morgan fingerprint density at radius 1 is 1.30 bits per heavy atom. The third kappa shape index (κ3) is 3.65. The summed E-state index contributed by atoms with van der Waals surface area (Å²) in [6, 6.07) is 11.8. The fourth-order valence-corrected chi connectivity index (χ4v) is 2.64. The molecular weight excluding hydrogens is 274 g/mol. The largest absolute Gasteiger partial charge is 0.459 e. The topological polar surface area (TPSA) is 53.7 Å². The highest BCUT2D eigenvalue weighted by molar-refractivity contribution is 7.98. The number of nitrogens with zero attached hydrogens (tertiary/aromatic N) is 1. The monoisotopic (exact) mass is 291 g/mol. The number of benzene rings is 1. The zero-order valence-corrected chi connectivity index (χ0v) is 12.1. The first-order valence-electron chi connectivity index (χ1n) is 6.33. The smallest absolute Gasteiger partial charge is 0.289 e. The third-order valence-corrected chi connectivity index (χ3v) is 3.92. The SMILES string of the molecule is CN(CCO)C(=O)c1occc1CSc1ccccc1. The van der Waals surface area contributed by atoms with Crippen molar-refractivity contribution in [3.63, 3.8) is 0 Å². The highest BCUT2D eigenvalue weighted by Crippen LogP contribution is 2.25. The van der Waals surface area contributed by atoms with E-state index in [-0.39, 0.29) is 12.5 Å². The Morgan fingerprint density at radius 3 is 2.75 bits per heavy atom. The average Bonchev–Trinajstić information content (AvgIpc) is 2.94. The number of thioether (sulfide) groups is 1. The van der Waals surface area contributed by atoms with Crippen molar-refractivity contribution in [2.45, 2.75) is 10.6 Å². The van der Waals surface area contributed by atoms with E-state index in [0.717, 1.165) is 10.5 Å². The number of aliphatic hydroxyl groups excluding tert-OH is 1. The molecule has 1 heterocycles. The first kappa shape index (κ1) is 14.7. The van der Waals surface area contributed by atoms with E-state index in [0.29, 0.717) is 18.1 Å². The molecule has 106 valence electrons. The Kier molecular flexibility index (Phi) is 5.26. The van der Waals surface area contributed by atoms with E-state index >= 15 is 0 Å². The second-order valence-corrected chi connectivity index (χ2v) is 5.38. The summed E-state index contributed by atoms with van der Waals surface area (Å²) in [4.78, 5) is 14.7. The first-order chi connectivity index (χ1) is 9.72. The van der Waals surface area contributed by atoms with E-state index < -0.39 is 0 Å². The van der Waals surface area contributed by atoms with Gasteiger partial charge in [0.05, 0.1) is 12.9 Å². The number of likely N-dealkylation sites (N-methyl/N-ethyl adjacent to an activating group) is 1. The first-order valence-corrected chi connectivity index (χ1v) is 7.31. The van der Waals surface area contributed by atoms with Crippen molar-refractivity contribution in [1.29, 1.82) is 0 Å². The van der Waals surface area contributed by atoms with Crippen LogP contribution in [-0.2, 0) is 5.75 Å². The van der Waals surface area contributed by atoms with Crippen LogP contribution in [0.2, 0.25) is 0 Å². The quantitative estimate of drug-likeness (QED) is 0.831. The summed E-state index contributed by atoms with van der Waals surface area (Å²) in [7, 11) is 1.65.